The van der Waals surface area contributed by atoms with Crippen LogP contribution in [0.1, 0.15) is 91.5 Å². The van der Waals surface area contributed by atoms with Crippen LogP contribution in [0.2, 0.25) is 16.6 Å². The second-order valence-electron chi connectivity index (χ2n) is 18.0. The van der Waals surface area contributed by atoms with Gasteiger partial charge in [0.1, 0.15) is 43.3 Å². The van der Waals surface area contributed by atoms with Crippen LogP contribution in [0.25, 0.3) is 32.9 Å². The Morgan fingerprint density at radius 2 is 1.74 bits per heavy atom. The van der Waals surface area contributed by atoms with Gasteiger partial charge in [-0.15, -0.1) is 5.54 Å². The molecule has 2 N–H and O–H groups in total. The van der Waals surface area contributed by atoms with Crippen LogP contribution in [0.3, 0.4) is 0 Å². The van der Waals surface area contributed by atoms with Gasteiger partial charge in [0.05, 0.1) is 24.2 Å². The van der Waals surface area contributed by atoms with Crippen LogP contribution in [0.5, 0.6) is 5.75 Å². The second kappa shape index (κ2) is 15.8. The molecule has 6 heterocycles. The zero-order valence-corrected chi connectivity index (χ0v) is 35.6. The third kappa shape index (κ3) is 7.11. The number of halogens is 2. The first kappa shape index (κ1) is 40.1. The molecule has 4 aliphatic heterocycles. The number of hydrogen-bond donors (Lipinski definition) is 2. The third-order valence-corrected chi connectivity index (χ3v) is 20.1. The van der Waals surface area contributed by atoms with Crippen molar-refractivity contribution in [1.29, 1.82) is 0 Å². The van der Waals surface area contributed by atoms with Crippen molar-refractivity contribution in [2.45, 2.75) is 127 Å². The molecule has 4 aliphatic rings. The van der Waals surface area contributed by atoms with E-state index < -0.39 is 19.7 Å². The molecular weight excluding hydrogens is 739 g/mol. The van der Waals surface area contributed by atoms with Crippen molar-refractivity contribution in [1.82, 2.24) is 25.2 Å². The van der Waals surface area contributed by atoms with Crippen molar-refractivity contribution in [2.75, 3.05) is 44.9 Å². The van der Waals surface area contributed by atoms with Crippen LogP contribution >= 0.6 is 0 Å². The first-order chi connectivity index (χ1) is 27.3. The van der Waals surface area contributed by atoms with E-state index in [2.05, 4.69) is 68.1 Å². The number of phenols is 1. The Balaban J connectivity index is 1.23. The molecule has 0 saturated carbocycles. The largest absolute Gasteiger partial charge is 0.508 e. The molecule has 12 heteroatoms. The van der Waals surface area contributed by atoms with E-state index in [1.807, 2.05) is 0 Å². The second-order valence-corrected chi connectivity index (χ2v) is 23.6. The monoisotopic (exact) mass is 796 g/mol. The average Bonchev–Trinajstić information content (AvgIpc) is 3.85. The summed E-state index contributed by atoms with van der Waals surface area (Å²) in [6, 6.07) is 7.08. The number of nitrogens with one attached hydrogen (secondary N) is 1. The molecule has 0 amide bonds. The fourth-order valence-electron chi connectivity index (χ4n) is 11.2. The van der Waals surface area contributed by atoms with Gasteiger partial charge in [0.15, 0.2) is 11.6 Å². The summed E-state index contributed by atoms with van der Waals surface area (Å²) >= 11 is 0. The number of fused-ring (bicyclic) bond motifs is 5. The number of piperazine rings is 1. The fraction of sp³-hybridized carbons (Fsp3) is 0.578. The Bertz CT molecular complexity index is 2190. The van der Waals surface area contributed by atoms with Crippen molar-refractivity contribution < 1.29 is 23.4 Å². The molecular formula is C45H58F2N6O3Si. The Kier molecular flexibility index (Phi) is 11.1. The van der Waals surface area contributed by atoms with Gasteiger partial charge in [-0.05, 0) is 85.3 Å². The summed E-state index contributed by atoms with van der Waals surface area (Å²) < 4.78 is 45.5. The Labute approximate surface area is 337 Å². The summed E-state index contributed by atoms with van der Waals surface area (Å²) in [5.74, 6) is 3.15. The molecule has 0 radical (unpaired) electrons. The molecule has 57 heavy (non-hydrogen) atoms. The molecule has 0 aliphatic carbocycles. The van der Waals surface area contributed by atoms with Crippen molar-refractivity contribution in [3.05, 3.63) is 53.5 Å². The minimum absolute atomic E-state index is 0.0235. The van der Waals surface area contributed by atoms with Gasteiger partial charge in [0.2, 0.25) is 0 Å². The van der Waals surface area contributed by atoms with Crippen molar-refractivity contribution in [3.8, 4) is 28.5 Å². The molecule has 4 fully saturated rings. The molecule has 2 aromatic carbocycles. The quantitative estimate of drug-likeness (QED) is 0.115. The van der Waals surface area contributed by atoms with E-state index in [0.29, 0.717) is 75.8 Å². The standard InChI is InChI=1S/C45H58F2N6O3Si/c1-27(2)57(28(3)4,29(5)6)18-14-35-38(46)12-9-30-19-34(54)20-36(40(30)35)42-41(47)43-37(21-48-42)44(52-22-31-10-11-32(23-52)49-31)51-39(50-43)25-56-26-45-15-8-17-53(45)33(13-16-45)24-55-7/h9,12,19-21,27-29,31-33,49,54H,8,10-11,13,15-17,22-26H2,1-7H3/t31-,32+,33?,45?. The predicted molar refractivity (Wildman–Crippen MR) is 225 cm³/mol. The number of nitrogens with zero attached hydrogens (tertiary/aromatic N) is 5. The summed E-state index contributed by atoms with van der Waals surface area (Å²) in [4.78, 5) is 19.4. The molecule has 9 nitrogen and oxygen atoms in total. The minimum atomic E-state index is -2.26. The fourth-order valence-corrected chi connectivity index (χ4v) is 16.4. The van der Waals surface area contributed by atoms with Crippen LogP contribution in [0.4, 0.5) is 14.6 Å². The van der Waals surface area contributed by atoms with Gasteiger partial charge in [0.25, 0.3) is 0 Å². The van der Waals surface area contributed by atoms with Crippen molar-refractivity contribution >= 4 is 35.6 Å². The lowest BCUT2D eigenvalue weighted by Gasteiger charge is -2.38. The molecule has 4 aromatic rings. The summed E-state index contributed by atoms with van der Waals surface area (Å²) in [6.45, 7) is 17.2. The van der Waals surface area contributed by atoms with Gasteiger partial charge in [-0.1, -0.05) is 53.5 Å². The Morgan fingerprint density at radius 1 is 1.00 bits per heavy atom. The van der Waals surface area contributed by atoms with Crippen LogP contribution in [-0.4, -0.2) is 96.7 Å². The molecule has 4 saturated heterocycles. The van der Waals surface area contributed by atoms with Gasteiger partial charge in [0, 0.05) is 61.0 Å². The number of ether oxygens (including phenoxy) is 2. The zero-order chi connectivity index (χ0) is 40.2. The van der Waals surface area contributed by atoms with E-state index in [1.54, 1.807) is 25.4 Å². The number of pyridine rings is 1. The number of rotatable bonds is 11. The van der Waals surface area contributed by atoms with Crippen molar-refractivity contribution in [3.63, 3.8) is 0 Å². The van der Waals surface area contributed by atoms with Gasteiger partial charge < -0.3 is 24.8 Å². The predicted octanol–water partition coefficient (Wildman–Crippen LogP) is 8.50. The van der Waals surface area contributed by atoms with E-state index >= 15 is 8.78 Å². The third-order valence-electron chi connectivity index (χ3n) is 13.8. The number of methoxy groups -OCH3 is 1. The lowest BCUT2D eigenvalue weighted by atomic mass is 9.95. The number of aromatic nitrogens is 3. The average molecular weight is 797 g/mol. The number of phenolic OH excluding ortho intramolecular Hbond substituents is 1. The first-order valence-electron chi connectivity index (χ1n) is 21.0. The van der Waals surface area contributed by atoms with Gasteiger partial charge >= 0.3 is 0 Å². The van der Waals surface area contributed by atoms with Gasteiger partial charge in [-0.2, -0.15) is 0 Å². The Hall–Kier alpha value is -3.73. The molecule has 304 valence electrons. The van der Waals surface area contributed by atoms with Crippen LogP contribution in [0, 0.1) is 23.1 Å². The lowest BCUT2D eigenvalue weighted by Crippen LogP contribution is -2.51. The number of hydrogen-bond acceptors (Lipinski definition) is 9. The molecule has 2 aromatic heterocycles. The highest BCUT2D eigenvalue weighted by molar-refractivity contribution is 6.90. The summed E-state index contributed by atoms with van der Waals surface area (Å²) in [5.41, 5.74) is 5.21. The summed E-state index contributed by atoms with van der Waals surface area (Å²) in [7, 11) is -0.496. The Morgan fingerprint density at radius 3 is 2.44 bits per heavy atom. The van der Waals surface area contributed by atoms with Crippen LogP contribution in [-0.2, 0) is 16.1 Å². The SMILES string of the molecule is COCC1CCC2(COCc3nc(N4C[C@H]5CC[C@@H](C4)N5)c4cnc(-c5cc(O)cc6ccc(F)c(C#C[Si](C(C)C)(C(C)C)C(C)C)c56)c(F)c4n3)CCCN12. The van der Waals surface area contributed by atoms with Crippen LogP contribution < -0.4 is 10.2 Å². The highest BCUT2D eigenvalue weighted by Gasteiger charge is 2.49. The molecule has 8 rings (SSSR count). The van der Waals surface area contributed by atoms with E-state index in [9.17, 15) is 5.11 Å². The highest BCUT2D eigenvalue weighted by Crippen LogP contribution is 2.44. The minimum Gasteiger partial charge on any atom is -0.508 e. The van der Waals surface area contributed by atoms with E-state index in [4.69, 9.17) is 24.4 Å². The van der Waals surface area contributed by atoms with E-state index in [0.717, 1.165) is 58.2 Å². The molecule has 2 unspecified atom stereocenters. The molecule has 0 spiro atoms. The smallest absolute Gasteiger partial charge is 0.175 e. The van der Waals surface area contributed by atoms with Crippen molar-refractivity contribution in [2.24, 2.45) is 0 Å². The maximum atomic E-state index is 17.4. The normalized spacial score (nSPS) is 23.7. The number of aromatic hydroxyl groups is 1. The summed E-state index contributed by atoms with van der Waals surface area (Å²) in [6.07, 6.45) is 8.14. The van der Waals surface area contributed by atoms with Crippen LogP contribution in [0.15, 0.2) is 30.5 Å². The maximum absolute atomic E-state index is 17.4. The number of anilines is 1. The van der Waals surface area contributed by atoms with E-state index in [1.165, 1.54) is 12.1 Å². The molecule has 4 atom stereocenters. The topological polar surface area (TPSA) is 95.9 Å². The summed E-state index contributed by atoms with van der Waals surface area (Å²) in [5, 5.41) is 16.2. The first-order valence-corrected chi connectivity index (χ1v) is 23.3. The maximum Gasteiger partial charge on any atom is 0.175 e. The zero-order valence-electron chi connectivity index (χ0n) is 34.6. The van der Waals surface area contributed by atoms with Gasteiger partial charge in [-0.3, -0.25) is 9.88 Å². The van der Waals surface area contributed by atoms with Gasteiger partial charge in [-0.25, -0.2) is 18.7 Å². The highest BCUT2D eigenvalue weighted by atomic mass is 28.3. The molecule has 2 bridgehead atoms. The van der Waals surface area contributed by atoms with E-state index in [-0.39, 0.29) is 40.2 Å². The number of benzene rings is 2. The lowest BCUT2D eigenvalue weighted by molar-refractivity contribution is 0.00305.